The molecule has 6 nitrogen and oxygen atoms in total. The molecule has 1 fully saturated rings. The predicted octanol–water partition coefficient (Wildman–Crippen LogP) is 3.75. The number of rotatable bonds is 6. The maximum atomic E-state index is 12.0. The first-order chi connectivity index (χ1) is 11.8. The molecular weight excluding hydrogens is 306 g/mol. The molecule has 2 aromatic rings. The van der Waals surface area contributed by atoms with Crippen LogP contribution in [-0.2, 0) is 9.53 Å². The first-order valence-corrected chi connectivity index (χ1v) is 8.68. The number of aromatic nitrogens is 3. The average Bonchev–Trinajstić information content (AvgIpc) is 3.13. The van der Waals surface area contributed by atoms with Crippen LogP contribution in [0.4, 0.5) is 0 Å². The largest absolute Gasteiger partial charge is 0.465 e. The summed E-state index contributed by atoms with van der Waals surface area (Å²) in [6.45, 7) is 2.62. The van der Waals surface area contributed by atoms with Gasteiger partial charge < -0.3 is 9.26 Å². The Kier molecular flexibility index (Phi) is 5.56. The topological polar surface area (TPSA) is 78.1 Å². The Morgan fingerprint density at radius 3 is 2.71 bits per heavy atom. The Hall–Kier alpha value is -2.24. The summed E-state index contributed by atoms with van der Waals surface area (Å²) in [7, 11) is 0. The molecule has 1 saturated carbocycles. The van der Waals surface area contributed by atoms with Gasteiger partial charge in [-0.05, 0) is 44.2 Å². The summed E-state index contributed by atoms with van der Waals surface area (Å²) < 4.78 is 10.8. The molecule has 6 heteroatoms. The minimum absolute atomic E-state index is 0.0145. The lowest BCUT2D eigenvalue weighted by Crippen LogP contribution is -2.23. The lowest BCUT2D eigenvalue weighted by molar-refractivity contribution is -0.149. The van der Waals surface area contributed by atoms with Gasteiger partial charge in [-0.15, -0.1) is 0 Å². The van der Waals surface area contributed by atoms with Crippen molar-refractivity contribution < 1.29 is 14.1 Å². The molecule has 24 heavy (non-hydrogen) atoms. The van der Waals surface area contributed by atoms with Gasteiger partial charge in [0.1, 0.15) is 0 Å². The van der Waals surface area contributed by atoms with Crippen molar-refractivity contribution in [2.24, 2.45) is 5.92 Å². The van der Waals surface area contributed by atoms with Gasteiger partial charge in [0.15, 0.2) is 0 Å². The van der Waals surface area contributed by atoms with Crippen molar-refractivity contribution in [1.29, 1.82) is 0 Å². The Bertz CT molecular complexity index is 649. The van der Waals surface area contributed by atoms with Gasteiger partial charge in [-0.25, -0.2) is 0 Å². The number of nitrogens with zero attached hydrogens (tertiary/aromatic N) is 3. The Morgan fingerprint density at radius 2 is 2.00 bits per heavy atom. The van der Waals surface area contributed by atoms with Gasteiger partial charge >= 0.3 is 5.97 Å². The monoisotopic (exact) mass is 329 g/mol. The van der Waals surface area contributed by atoms with Crippen LogP contribution < -0.4 is 0 Å². The number of carbonyl (C=O) groups excluding carboxylic acids is 1. The van der Waals surface area contributed by atoms with E-state index in [-0.39, 0.29) is 17.8 Å². The average molecular weight is 329 g/mol. The van der Waals surface area contributed by atoms with Gasteiger partial charge in [0.25, 0.3) is 0 Å². The lowest BCUT2D eigenvalue weighted by Gasteiger charge is -2.24. The third kappa shape index (κ3) is 3.99. The normalized spacial score (nSPS) is 20.7. The van der Waals surface area contributed by atoms with E-state index in [4.69, 9.17) is 9.26 Å². The summed E-state index contributed by atoms with van der Waals surface area (Å²) in [6, 6.07) is 3.72. The molecule has 0 unspecified atom stereocenters. The van der Waals surface area contributed by atoms with Crippen LogP contribution in [0.5, 0.6) is 0 Å². The maximum Gasteiger partial charge on any atom is 0.308 e. The Balaban J connectivity index is 1.54. The minimum atomic E-state index is -0.0510. The SMILES string of the molecule is CCCCOC(=O)[C@H]1CC[C@H](c2nc(-c3ccncc3)no2)CC1. The maximum absolute atomic E-state index is 12.0. The number of unbranched alkanes of at least 4 members (excludes halogenated alkanes) is 1. The summed E-state index contributed by atoms with van der Waals surface area (Å²) in [5.41, 5.74) is 0.896. The van der Waals surface area contributed by atoms with E-state index in [9.17, 15) is 4.79 Å². The van der Waals surface area contributed by atoms with Crippen LogP contribution in [0, 0.1) is 5.92 Å². The van der Waals surface area contributed by atoms with Crippen LogP contribution in [0.25, 0.3) is 11.4 Å². The van der Waals surface area contributed by atoms with Crippen LogP contribution in [-0.4, -0.2) is 27.7 Å². The molecule has 0 N–H and O–H groups in total. The van der Waals surface area contributed by atoms with Crippen LogP contribution in [0.15, 0.2) is 29.0 Å². The van der Waals surface area contributed by atoms with Gasteiger partial charge in [0.2, 0.25) is 11.7 Å². The fourth-order valence-corrected chi connectivity index (χ4v) is 3.03. The molecule has 0 aromatic carbocycles. The second-order valence-electron chi connectivity index (χ2n) is 6.26. The summed E-state index contributed by atoms with van der Waals surface area (Å²) >= 11 is 0. The summed E-state index contributed by atoms with van der Waals surface area (Å²) in [4.78, 5) is 20.5. The van der Waals surface area contributed by atoms with Crippen LogP contribution in [0.1, 0.15) is 57.3 Å². The van der Waals surface area contributed by atoms with Crippen LogP contribution >= 0.6 is 0 Å². The quantitative estimate of drug-likeness (QED) is 0.593. The summed E-state index contributed by atoms with van der Waals surface area (Å²) in [5.74, 6) is 1.45. The second-order valence-corrected chi connectivity index (χ2v) is 6.26. The highest BCUT2D eigenvalue weighted by atomic mass is 16.5. The third-order valence-corrected chi connectivity index (χ3v) is 4.53. The number of hydrogen-bond acceptors (Lipinski definition) is 6. The first kappa shape index (κ1) is 16.6. The predicted molar refractivity (Wildman–Crippen MR) is 88.1 cm³/mol. The van der Waals surface area contributed by atoms with Crippen LogP contribution in [0.2, 0.25) is 0 Å². The molecule has 2 aromatic heterocycles. The van der Waals surface area contributed by atoms with Crippen molar-refractivity contribution in [1.82, 2.24) is 15.1 Å². The van der Waals surface area contributed by atoms with E-state index in [0.29, 0.717) is 18.3 Å². The molecule has 1 aliphatic rings. The molecule has 0 atom stereocenters. The lowest BCUT2D eigenvalue weighted by atomic mass is 9.82. The first-order valence-electron chi connectivity index (χ1n) is 8.68. The smallest absolute Gasteiger partial charge is 0.308 e. The van der Waals surface area contributed by atoms with E-state index in [2.05, 4.69) is 22.0 Å². The van der Waals surface area contributed by atoms with Gasteiger partial charge in [-0.1, -0.05) is 18.5 Å². The molecule has 0 aliphatic heterocycles. The Morgan fingerprint density at radius 1 is 1.25 bits per heavy atom. The zero-order valence-electron chi connectivity index (χ0n) is 14.0. The molecule has 0 amide bonds. The number of pyridine rings is 1. The van der Waals surface area contributed by atoms with Gasteiger partial charge in [-0.3, -0.25) is 9.78 Å². The molecule has 0 radical (unpaired) electrons. The van der Waals surface area contributed by atoms with Gasteiger partial charge in [-0.2, -0.15) is 4.98 Å². The van der Waals surface area contributed by atoms with E-state index >= 15 is 0 Å². The highest BCUT2D eigenvalue weighted by Gasteiger charge is 2.30. The van der Waals surface area contributed by atoms with E-state index in [1.165, 1.54) is 0 Å². The highest BCUT2D eigenvalue weighted by molar-refractivity contribution is 5.72. The molecule has 1 aliphatic carbocycles. The van der Waals surface area contributed by atoms with Crippen molar-refractivity contribution in [3.8, 4) is 11.4 Å². The van der Waals surface area contributed by atoms with Crippen molar-refractivity contribution in [3.63, 3.8) is 0 Å². The molecule has 2 heterocycles. The number of carbonyl (C=O) groups is 1. The molecule has 128 valence electrons. The van der Waals surface area contributed by atoms with Crippen molar-refractivity contribution in [2.75, 3.05) is 6.61 Å². The second kappa shape index (κ2) is 8.04. The van der Waals surface area contributed by atoms with Gasteiger partial charge in [0, 0.05) is 23.9 Å². The number of hydrogen-bond donors (Lipinski definition) is 0. The zero-order chi connectivity index (χ0) is 16.8. The van der Waals surface area contributed by atoms with Crippen molar-refractivity contribution >= 4 is 5.97 Å². The molecule has 0 saturated heterocycles. The van der Waals surface area contributed by atoms with Crippen molar-refractivity contribution in [2.45, 2.75) is 51.4 Å². The fraction of sp³-hybridized carbons (Fsp3) is 0.556. The molecule has 0 spiro atoms. The molecule has 0 bridgehead atoms. The molecular formula is C18H23N3O3. The van der Waals surface area contributed by atoms with E-state index in [0.717, 1.165) is 44.1 Å². The van der Waals surface area contributed by atoms with E-state index < -0.39 is 0 Å². The standard InChI is InChI=1S/C18H23N3O3/c1-2-3-12-23-18(22)15-6-4-14(5-7-15)17-20-16(21-24-17)13-8-10-19-11-9-13/h8-11,14-15H,2-7,12H2,1H3/t14-,15-. The summed E-state index contributed by atoms with van der Waals surface area (Å²) in [6.07, 6.45) is 8.79. The number of ether oxygens (including phenoxy) is 1. The van der Waals surface area contributed by atoms with Crippen LogP contribution in [0.3, 0.4) is 0 Å². The highest BCUT2D eigenvalue weighted by Crippen LogP contribution is 2.36. The van der Waals surface area contributed by atoms with E-state index in [1.807, 2.05) is 12.1 Å². The summed E-state index contributed by atoms with van der Waals surface area (Å²) in [5, 5.41) is 4.06. The Labute approximate surface area is 141 Å². The molecule has 3 rings (SSSR count). The number of esters is 1. The van der Waals surface area contributed by atoms with Gasteiger partial charge in [0.05, 0.1) is 12.5 Å². The fourth-order valence-electron chi connectivity index (χ4n) is 3.03. The zero-order valence-corrected chi connectivity index (χ0v) is 14.0. The minimum Gasteiger partial charge on any atom is -0.465 e. The van der Waals surface area contributed by atoms with E-state index in [1.54, 1.807) is 12.4 Å². The third-order valence-electron chi connectivity index (χ3n) is 4.53. The van der Waals surface area contributed by atoms with Crippen molar-refractivity contribution in [3.05, 3.63) is 30.4 Å².